The van der Waals surface area contributed by atoms with Gasteiger partial charge in [0.1, 0.15) is 29.1 Å². The van der Waals surface area contributed by atoms with Crippen molar-refractivity contribution in [1.82, 2.24) is 0 Å². The fourth-order valence-corrected chi connectivity index (χ4v) is 2.98. The van der Waals surface area contributed by atoms with Crippen LogP contribution in [0.1, 0.15) is 31.8 Å². The normalized spacial score (nSPS) is 10.5. The van der Waals surface area contributed by atoms with Crippen LogP contribution < -0.4 is 20.3 Å². The number of phenolic OH excluding ortho intramolecular Hbond substituents is 1. The van der Waals surface area contributed by atoms with E-state index in [1.54, 1.807) is 19.1 Å². The lowest BCUT2D eigenvalue weighted by molar-refractivity contribution is 0.102. The Kier molecular flexibility index (Phi) is 6.31. The quantitative estimate of drug-likeness (QED) is 0.497. The standard InChI is InChI=1S/C22H19ClN2O6/c1-11-6-17(19(30-3)9-16(11)23)25-22(28)15-7-12(10-31-21(15)24)20(27)14-8-13(29-2)4-5-18(14)26/h4-10,24,26H,1-3H3,(H,25,28). The third-order valence-corrected chi connectivity index (χ3v) is 4.94. The van der Waals surface area contributed by atoms with Gasteiger partial charge in [0.25, 0.3) is 5.91 Å². The second kappa shape index (κ2) is 8.93. The number of amides is 1. The Labute approximate surface area is 182 Å². The van der Waals surface area contributed by atoms with Gasteiger partial charge in [-0.2, -0.15) is 0 Å². The molecule has 3 rings (SSSR count). The molecule has 3 aromatic rings. The molecule has 0 radical (unpaired) electrons. The van der Waals surface area contributed by atoms with E-state index in [9.17, 15) is 14.7 Å². The highest BCUT2D eigenvalue weighted by Crippen LogP contribution is 2.31. The number of hydrogen-bond acceptors (Lipinski definition) is 7. The highest BCUT2D eigenvalue weighted by molar-refractivity contribution is 6.31. The fraction of sp³-hybridized carbons (Fsp3) is 0.136. The largest absolute Gasteiger partial charge is 0.507 e. The van der Waals surface area contributed by atoms with E-state index in [0.29, 0.717) is 27.8 Å². The minimum Gasteiger partial charge on any atom is -0.507 e. The average Bonchev–Trinajstić information content (AvgIpc) is 2.76. The number of ether oxygens (including phenoxy) is 2. The predicted octanol–water partition coefficient (Wildman–Crippen LogP) is 3.93. The van der Waals surface area contributed by atoms with E-state index in [4.69, 9.17) is 30.9 Å². The van der Waals surface area contributed by atoms with Gasteiger partial charge in [-0.15, -0.1) is 0 Å². The van der Waals surface area contributed by atoms with Gasteiger partial charge in [0.2, 0.25) is 5.55 Å². The van der Waals surface area contributed by atoms with Crippen molar-refractivity contribution in [2.45, 2.75) is 6.92 Å². The average molecular weight is 443 g/mol. The molecule has 0 saturated heterocycles. The monoisotopic (exact) mass is 442 g/mol. The number of benzene rings is 2. The molecule has 8 nitrogen and oxygen atoms in total. The Morgan fingerprint density at radius 1 is 1.10 bits per heavy atom. The van der Waals surface area contributed by atoms with Gasteiger partial charge in [0.15, 0.2) is 5.78 Å². The number of hydrogen-bond donors (Lipinski definition) is 3. The van der Waals surface area contributed by atoms with Gasteiger partial charge >= 0.3 is 0 Å². The maximum atomic E-state index is 12.9. The number of phenols is 1. The Morgan fingerprint density at radius 2 is 1.84 bits per heavy atom. The van der Waals surface area contributed by atoms with Crippen molar-refractivity contribution < 1.29 is 28.6 Å². The molecule has 1 amide bonds. The van der Waals surface area contributed by atoms with Crippen molar-refractivity contribution >= 4 is 29.0 Å². The molecule has 0 unspecified atom stereocenters. The van der Waals surface area contributed by atoms with Crippen LogP contribution in [0.3, 0.4) is 0 Å². The minimum absolute atomic E-state index is 0.0241. The van der Waals surface area contributed by atoms with Crippen LogP contribution in [0.2, 0.25) is 5.02 Å². The van der Waals surface area contributed by atoms with Gasteiger partial charge < -0.3 is 24.3 Å². The second-order valence-electron chi connectivity index (χ2n) is 6.55. The molecule has 2 aromatic carbocycles. The van der Waals surface area contributed by atoms with Gasteiger partial charge in [-0.3, -0.25) is 15.0 Å². The SMILES string of the molecule is COc1ccc(O)c(C(=O)c2coc(=N)c(C(=O)Nc3cc(C)c(Cl)cc3OC)c2)c1. The molecule has 0 fully saturated rings. The number of nitrogens with one attached hydrogen (secondary N) is 2. The molecule has 160 valence electrons. The molecule has 0 atom stereocenters. The lowest BCUT2D eigenvalue weighted by Crippen LogP contribution is -2.22. The zero-order valence-electron chi connectivity index (χ0n) is 16.9. The van der Waals surface area contributed by atoms with Gasteiger partial charge in [0.05, 0.1) is 31.0 Å². The Balaban J connectivity index is 1.97. The topological polar surface area (TPSA) is 122 Å². The summed E-state index contributed by atoms with van der Waals surface area (Å²) in [7, 11) is 2.86. The maximum absolute atomic E-state index is 12.9. The van der Waals surface area contributed by atoms with Gasteiger partial charge in [-0.25, -0.2) is 0 Å². The van der Waals surface area contributed by atoms with E-state index in [-0.39, 0.29) is 22.4 Å². The number of anilines is 1. The molecule has 1 heterocycles. The summed E-state index contributed by atoms with van der Waals surface area (Å²) in [4.78, 5) is 25.7. The number of rotatable bonds is 6. The summed E-state index contributed by atoms with van der Waals surface area (Å²) < 4.78 is 15.4. The van der Waals surface area contributed by atoms with E-state index in [1.165, 1.54) is 38.5 Å². The Morgan fingerprint density at radius 3 is 2.52 bits per heavy atom. The highest BCUT2D eigenvalue weighted by atomic mass is 35.5. The lowest BCUT2D eigenvalue weighted by atomic mass is 10.0. The van der Waals surface area contributed by atoms with Crippen molar-refractivity contribution in [3.05, 3.63) is 75.5 Å². The predicted molar refractivity (Wildman–Crippen MR) is 113 cm³/mol. The molecular formula is C22H19ClN2O6. The minimum atomic E-state index is -0.682. The number of aryl methyl sites for hydroxylation is 1. The van der Waals surface area contributed by atoms with Crippen LogP contribution in [-0.2, 0) is 0 Å². The first kappa shape index (κ1) is 21.9. The summed E-state index contributed by atoms with van der Waals surface area (Å²) in [6, 6.07) is 8.60. The van der Waals surface area contributed by atoms with Crippen molar-refractivity contribution in [3.63, 3.8) is 0 Å². The van der Waals surface area contributed by atoms with Crippen molar-refractivity contribution in [3.8, 4) is 17.2 Å². The van der Waals surface area contributed by atoms with Crippen molar-refractivity contribution in [1.29, 1.82) is 5.41 Å². The van der Waals surface area contributed by atoms with Crippen LogP contribution in [0.15, 0.2) is 47.1 Å². The highest BCUT2D eigenvalue weighted by Gasteiger charge is 2.20. The number of ketones is 1. The summed E-state index contributed by atoms with van der Waals surface area (Å²) in [6.45, 7) is 1.77. The number of carbonyl (C=O) groups excluding carboxylic acids is 2. The molecule has 31 heavy (non-hydrogen) atoms. The molecule has 0 aliphatic rings. The van der Waals surface area contributed by atoms with Crippen LogP contribution in [0.25, 0.3) is 0 Å². The Bertz CT molecular complexity index is 1240. The smallest absolute Gasteiger partial charge is 0.261 e. The lowest BCUT2D eigenvalue weighted by Gasteiger charge is -2.12. The van der Waals surface area contributed by atoms with Crippen LogP contribution in [0.4, 0.5) is 5.69 Å². The summed E-state index contributed by atoms with van der Waals surface area (Å²) in [6.07, 6.45) is 1.05. The summed E-state index contributed by atoms with van der Waals surface area (Å²) in [5.74, 6) is -0.833. The zero-order chi connectivity index (χ0) is 22.7. The summed E-state index contributed by atoms with van der Waals surface area (Å²) >= 11 is 6.09. The number of methoxy groups -OCH3 is 2. The molecular weight excluding hydrogens is 424 g/mol. The van der Waals surface area contributed by atoms with E-state index < -0.39 is 17.2 Å². The van der Waals surface area contributed by atoms with Gasteiger partial charge in [0, 0.05) is 11.1 Å². The number of halogens is 1. The maximum Gasteiger partial charge on any atom is 0.261 e. The molecule has 1 aromatic heterocycles. The first-order valence-corrected chi connectivity index (χ1v) is 9.37. The van der Waals surface area contributed by atoms with E-state index in [2.05, 4.69) is 5.32 Å². The Hall–Kier alpha value is -3.78. The molecule has 0 aliphatic heterocycles. The second-order valence-corrected chi connectivity index (χ2v) is 6.95. The van der Waals surface area contributed by atoms with Crippen LogP contribution in [0, 0.1) is 12.3 Å². The van der Waals surface area contributed by atoms with Crippen molar-refractivity contribution in [2.24, 2.45) is 0 Å². The molecule has 3 N–H and O–H groups in total. The third-order valence-electron chi connectivity index (χ3n) is 4.53. The fourth-order valence-electron chi connectivity index (χ4n) is 2.83. The molecule has 0 bridgehead atoms. The zero-order valence-corrected chi connectivity index (χ0v) is 17.7. The van der Waals surface area contributed by atoms with E-state index >= 15 is 0 Å². The van der Waals surface area contributed by atoms with Crippen molar-refractivity contribution in [2.75, 3.05) is 19.5 Å². The molecule has 0 spiro atoms. The first-order valence-electron chi connectivity index (χ1n) is 8.99. The third kappa shape index (κ3) is 4.54. The molecule has 9 heteroatoms. The van der Waals surface area contributed by atoms with Crippen LogP contribution in [-0.4, -0.2) is 31.0 Å². The van der Waals surface area contributed by atoms with Gasteiger partial charge in [-0.05, 0) is 42.8 Å². The number of aromatic hydroxyl groups is 1. The first-order chi connectivity index (χ1) is 14.7. The van der Waals surface area contributed by atoms with Gasteiger partial charge in [-0.1, -0.05) is 11.6 Å². The molecule has 0 saturated carbocycles. The summed E-state index contributed by atoms with van der Waals surface area (Å²) in [5.41, 5.74) is 0.385. The summed E-state index contributed by atoms with van der Waals surface area (Å²) in [5, 5.41) is 21.1. The van der Waals surface area contributed by atoms with E-state index in [1.807, 2.05) is 0 Å². The van der Waals surface area contributed by atoms with Crippen LogP contribution >= 0.6 is 11.6 Å². The van der Waals surface area contributed by atoms with E-state index in [0.717, 1.165) is 6.26 Å². The van der Waals surface area contributed by atoms with Crippen LogP contribution in [0.5, 0.6) is 17.2 Å². The molecule has 0 aliphatic carbocycles. The number of carbonyl (C=O) groups is 2.